The molecule has 1 heterocycles. The Hall–Kier alpha value is -1.80. The molecule has 158 valence electrons. The number of rotatable bonds is 7. The van der Waals surface area contributed by atoms with Gasteiger partial charge in [-0.25, -0.2) is 4.99 Å². The molecular formula is C23H33IN4O. The molecule has 1 atom stereocenters. The molecule has 1 aliphatic rings. The van der Waals surface area contributed by atoms with E-state index in [2.05, 4.69) is 53.6 Å². The number of nitrogens with zero attached hydrogens (tertiary/aromatic N) is 2. The standard InChI is InChI=1S/C23H32N4O.HI/c1-3-24-23(25-16-20-9-4-5-10-21(20)17-28)26-18(2)19-11-8-12-22(15-19)27-13-6-7-14-27;/h4-5,8-12,15,18,28H,3,6-7,13-14,16-17H2,1-2H3,(H2,24,25,26);1H. The lowest BCUT2D eigenvalue weighted by atomic mass is 10.1. The van der Waals surface area contributed by atoms with Crippen LogP contribution in [0.4, 0.5) is 5.69 Å². The predicted molar refractivity (Wildman–Crippen MR) is 132 cm³/mol. The molecule has 2 aromatic carbocycles. The second kappa shape index (κ2) is 12.0. The van der Waals surface area contributed by atoms with Crippen LogP contribution < -0.4 is 15.5 Å². The Labute approximate surface area is 191 Å². The molecule has 0 radical (unpaired) electrons. The normalized spacial score (nSPS) is 15.0. The molecule has 5 nitrogen and oxygen atoms in total. The molecule has 1 saturated heterocycles. The van der Waals surface area contributed by atoms with Crippen LogP contribution in [0.5, 0.6) is 0 Å². The van der Waals surface area contributed by atoms with Gasteiger partial charge >= 0.3 is 0 Å². The van der Waals surface area contributed by atoms with E-state index in [1.165, 1.54) is 24.1 Å². The maximum atomic E-state index is 9.51. The molecule has 0 spiro atoms. The molecule has 6 heteroatoms. The number of aliphatic hydroxyl groups excluding tert-OH is 1. The lowest BCUT2D eigenvalue weighted by Crippen LogP contribution is -2.38. The molecular weight excluding hydrogens is 475 g/mol. The van der Waals surface area contributed by atoms with Crippen molar-refractivity contribution in [2.75, 3.05) is 24.5 Å². The minimum atomic E-state index is 0. The van der Waals surface area contributed by atoms with Gasteiger partial charge in [0.1, 0.15) is 0 Å². The Kier molecular flexibility index (Phi) is 9.73. The summed E-state index contributed by atoms with van der Waals surface area (Å²) in [5.41, 5.74) is 4.53. The van der Waals surface area contributed by atoms with Gasteiger partial charge in [0.05, 0.1) is 19.2 Å². The van der Waals surface area contributed by atoms with Crippen molar-refractivity contribution in [2.24, 2.45) is 4.99 Å². The van der Waals surface area contributed by atoms with Gasteiger partial charge in [0.2, 0.25) is 0 Å². The Morgan fingerprint density at radius 1 is 1.10 bits per heavy atom. The smallest absolute Gasteiger partial charge is 0.192 e. The van der Waals surface area contributed by atoms with Crippen molar-refractivity contribution in [3.63, 3.8) is 0 Å². The lowest BCUT2D eigenvalue weighted by molar-refractivity contribution is 0.280. The first-order chi connectivity index (χ1) is 13.7. The van der Waals surface area contributed by atoms with Gasteiger partial charge in [0, 0.05) is 25.3 Å². The number of anilines is 1. The molecule has 1 aliphatic heterocycles. The average Bonchev–Trinajstić information content (AvgIpc) is 3.27. The van der Waals surface area contributed by atoms with Crippen LogP contribution >= 0.6 is 24.0 Å². The van der Waals surface area contributed by atoms with Crippen LogP contribution in [0.3, 0.4) is 0 Å². The van der Waals surface area contributed by atoms with Crippen molar-refractivity contribution in [3.8, 4) is 0 Å². The summed E-state index contributed by atoms with van der Waals surface area (Å²) >= 11 is 0. The first-order valence-corrected chi connectivity index (χ1v) is 10.3. The van der Waals surface area contributed by atoms with E-state index in [1.54, 1.807) is 0 Å². The number of aliphatic imine (C=N–C) groups is 1. The van der Waals surface area contributed by atoms with E-state index in [9.17, 15) is 5.11 Å². The van der Waals surface area contributed by atoms with Crippen LogP contribution in [0.25, 0.3) is 0 Å². The van der Waals surface area contributed by atoms with E-state index >= 15 is 0 Å². The minimum absolute atomic E-state index is 0. The molecule has 29 heavy (non-hydrogen) atoms. The van der Waals surface area contributed by atoms with Gasteiger partial charge in [0.15, 0.2) is 5.96 Å². The van der Waals surface area contributed by atoms with E-state index in [-0.39, 0.29) is 36.6 Å². The largest absolute Gasteiger partial charge is 0.392 e. The third-order valence-electron chi connectivity index (χ3n) is 5.24. The highest BCUT2D eigenvalue weighted by molar-refractivity contribution is 14.0. The third kappa shape index (κ3) is 6.60. The summed E-state index contributed by atoms with van der Waals surface area (Å²) in [5, 5.41) is 16.4. The molecule has 1 fully saturated rings. The maximum Gasteiger partial charge on any atom is 0.192 e. The topological polar surface area (TPSA) is 59.9 Å². The highest BCUT2D eigenvalue weighted by Crippen LogP contribution is 2.24. The molecule has 0 aromatic heterocycles. The first kappa shape index (κ1) is 23.5. The fraction of sp³-hybridized carbons (Fsp3) is 0.435. The summed E-state index contributed by atoms with van der Waals surface area (Å²) < 4.78 is 0. The first-order valence-electron chi connectivity index (χ1n) is 10.3. The highest BCUT2D eigenvalue weighted by atomic mass is 127. The van der Waals surface area contributed by atoms with E-state index in [0.29, 0.717) is 6.54 Å². The number of halogens is 1. The van der Waals surface area contributed by atoms with Crippen molar-refractivity contribution in [2.45, 2.75) is 45.9 Å². The fourth-order valence-corrected chi connectivity index (χ4v) is 3.60. The van der Waals surface area contributed by atoms with Gasteiger partial charge < -0.3 is 20.6 Å². The average molecular weight is 508 g/mol. The molecule has 3 rings (SSSR count). The zero-order valence-electron chi connectivity index (χ0n) is 17.4. The summed E-state index contributed by atoms with van der Waals surface area (Å²) in [6.45, 7) is 7.91. The summed E-state index contributed by atoms with van der Waals surface area (Å²) in [5.74, 6) is 0.786. The second-order valence-electron chi connectivity index (χ2n) is 7.28. The molecule has 1 unspecified atom stereocenters. The monoisotopic (exact) mass is 508 g/mol. The lowest BCUT2D eigenvalue weighted by Gasteiger charge is -2.22. The van der Waals surface area contributed by atoms with Crippen molar-refractivity contribution >= 4 is 35.6 Å². The van der Waals surface area contributed by atoms with Gasteiger partial charge in [0.25, 0.3) is 0 Å². The number of benzene rings is 2. The van der Waals surface area contributed by atoms with Crippen LogP contribution in [0.1, 0.15) is 49.4 Å². The van der Waals surface area contributed by atoms with Gasteiger partial charge in [-0.15, -0.1) is 24.0 Å². The quantitative estimate of drug-likeness (QED) is 0.298. The Morgan fingerprint density at radius 3 is 2.52 bits per heavy atom. The van der Waals surface area contributed by atoms with Crippen molar-refractivity contribution in [1.82, 2.24) is 10.6 Å². The maximum absolute atomic E-state index is 9.51. The van der Waals surface area contributed by atoms with Gasteiger partial charge in [-0.2, -0.15) is 0 Å². The zero-order chi connectivity index (χ0) is 19.8. The van der Waals surface area contributed by atoms with Crippen molar-refractivity contribution in [3.05, 3.63) is 65.2 Å². The second-order valence-corrected chi connectivity index (χ2v) is 7.28. The van der Waals surface area contributed by atoms with Crippen LogP contribution in [-0.2, 0) is 13.2 Å². The molecule has 3 N–H and O–H groups in total. The van der Waals surface area contributed by atoms with Gasteiger partial charge in [-0.05, 0) is 55.5 Å². The van der Waals surface area contributed by atoms with E-state index in [4.69, 9.17) is 4.99 Å². The van der Waals surface area contributed by atoms with Crippen LogP contribution in [0.15, 0.2) is 53.5 Å². The minimum Gasteiger partial charge on any atom is -0.392 e. The fourth-order valence-electron chi connectivity index (χ4n) is 3.60. The van der Waals surface area contributed by atoms with E-state index in [1.807, 2.05) is 24.3 Å². The Bertz CT molecular complexity index is 790. The number of guanidine groups is 1. The van der Waals surface area contributed by atoms with Crippen molar-refractivity contribution in [1.29, 1.82) is 0 Å². The molecule has 2 aromatic rings. The zero-order valence-corrected chi connectivity index (χ0v) is 19.7. The SMILES string of the molecule is CCNC(=NCc1ccccc1CO)NC(C)c1cccc(N2CCCC2)c1.I. The Balaban J connectivity index is 0.00000300. The number of hydrogen-bond acceptors (Lipinski definition) is 3. The number of hydrogen-bond donors (Lipinski definition) is 3. The summed E-state index contributed by atoms with van der Waals surface area (Å²) in [6, 6.07) is 16.8. The summed E-state index contributed by atoms with van der Waals surface area (Å²) in [7, 11) is 0. The van der Waals surface area contributed by atoms with Crippen LogP contribution in [0.2, 0.25) is 0 Å². The van der Waals surface area contributed by atoms with E-state index in [0.717, 1.165) is 36.7 Å². The molecule has 0 saturated carbocycles. The Morgan fingerprint density at radius 2 is 1.83 bits per heavy atom. The molecule has 0 aliphatic carbocycles. The van der Waals surface area contributed by atoms with Gasteiger partial charge in [-0.3, -0.25) is 0 Å². The number of nitrogens with one attached hydrogen (secondary N) is 2. The van der Waals surface area contributed by atoms with Crippen molar-refractivity contribution < 1.29 is 5.11 Å². The summed E-state index contributed by atoms with van der Waals surface area (Å²) in [6.07, 6.45) is 2.56. The van der Waals surface area contributed by atoms with Crippen LogP contribution in [0, 0.1) is 0 Å². The summed E-state index contributed by atoms with van der Waals surface area (Å²) in [4.78, 5) is 7.19. The van der Waals surface area contributed by atoms with E-state index < -0.39 is 0 Å². The van der Waals surface area contributed by atoms with Crippen LogP contribution in [-0.4, -0.2) is 30.7 Å². The highest BCUT2D eigenvalue weighted by Gasteiger charge is 2.14. The van der Waals surface area contributed by atoms with Gasteiger partial charge in [-0.1, -0.05) is 36.4 Å². The third-order valence-corrected chi connectivity index (χ3v) is 5.24. The molecule has 0 amide bonds. The number of aliphatic hydroxyl groups is 1. The predicted octanol–water partition coefficient (Wildman–Crippen LogP) is 4.21. The molecule has 0 bridgehead atoms.